The number of imidazole rings is 1. The molecule has 8 nitrogen and oxygen atoms in total. The van der Waals surface area contributed by atoms with Gasteiger partial charge < -0.3 is 10.3 Å². The van der Waals surface area contributed by atoms with Crippen LogP contribution in [0.25, 0.3) is 22.4 Å². The number of anilines is 1. The Hall–Kier alpha value is -3.85. The van der Waals surface area contributed by atoms with Crippen molar-refractivity contribution in [2.75, 3.05) is 5.32 Å². The van der Waals surface area contributed by atoms with Crippen LogP contribution in [0.15, 0.2) is 66.9 Å². The number of nitrogens with one attached hydrogen (secondary N) is 4. The van der Waals surface area contributed by atoms with Gasteiger partial charge in [-0.1, -0.05) is 24.3 Å². The van der Waals surface area contributed by atoms with Crippen LogP contribution in [0.1, 0.15) is 10.5 Å². The molecule has 138 valence electrons. The molecule has 0 aliphatic carbocycles. The number of H-pyrrole nitrogens is 1. The molecule has 0 bridgehead atoms. The summed E-state index contributed by atoms with van der Waals surface area (Å²) < 4.78 is 0. The number of para-hydroxylation sites is 2. The first-order chi connectivity index (χ1) is 13.7. The molecule has 0 unspecified atom stereocenters. The SMILES string of the molecule is O=C(NNC(=S)Nc1cccc(-c2nc3ccccc3[nH]2)c1)c1cccnn1. The van der Waals surface area contributed by atoms with Gasteiger partial charge in [0.25, 0.3) is 5.91 Å². The van der Waals surface area contributed by atoms with Crippen molar-refractivity contribution in [3.8, 4) is 11.4 Å². The van der Waals surface area contributed by atoms with Crippen LogP contribution in [0.3, 0.4) is 0 Å². The number of rotatable bonds is 3. The summed E-state index contributed by atoms with van der Waals surface area (Å²) in [5.74, 6) is 0.327. The topological polar surface area (TPSA) is 108 Å². The van der Waals surface area contributed by atoms with E-state index in [-0.39, 0.29) is 10.8 Å². The second-order valence-corrected chi connectivity index (χ2v) is 6.23. The van der Waals surface area contributed by atoms with E-state index in [4.69, 9.17) is 12.2 Å². The van der Waals surface area contributed by atoms with Gasteiger partial charge >= 0.3 is 0 Å². The minimum absolute atomic E-state index is 0.185. The van der Waals surface area contributed by atoms with Crippen LogP contribution >= 0.6 is 12.2 Å². The van der Waals surface area contributed by atoms with Crippen LogP contribution < -0.4 is 16.2 Å². The standard InChI is InChI=1S/C19H15N7OS/c27-18(16-9-4-10-20-24-16)25-26-19(28)21-13-6-3-5-12(11-13)17-22-14-7-1-2-8-15(14)23-17/h1-11H,(H,22,23)(H,25,27)(H2,21,26,28). The van der Waals surface area contributed by atoms with Crippen molar-refractivity contribution < 1.29 is 4.79 Å². The number of carbonyl (C=O) groups is 1. The van der Waals surface area contributed by atoms with E-state index in [1.54, 1.807) is 12.1 Å². The van der Waals surface area contributed by atoms with E-state index in [9.17, 15) is 4.79 Å². The van der Waals surface area contributed by atoms with E-state index in [0.717, 1.165) is 28.1 Å². The molecule has 4 N–H and O–H groups in total. The quantitative estimate of drug-likeness (QED) is 0.315. The first kappa shape index (κ1) is 17.6. The Morgan fingerprint density at radius 1 is 1.00 bits per heavy atom. The number of amides is 1. The Morgan fingerprint density at radius 3 is 2.71 bits per heavy atom. The van der Waals surface area contributed by atoms with Gasteiger partial charge in [0.15, 0.2) is 10.8 Å². The Morgan fingerprint density at radius 2 is 1.89 bits per heavy atom. The van der Waals surface area contributed by atoms with E-state index in [0.29, 0.717) is 0 Å². The van der Waals surface area contributed by atoms with Crippen molar-refractivity contribution in [2.45, 2.75) is 0 Å². The molecule has 28 heavy (non-hydrogen) atoms. The molecule has 1 amide bonds. The predicted octanol–water partition coefficient (Wildman–Crippen LogP) is 2.65. The third-order valence-electron chi connectivity index (χ3n) is 3.88. The van der Waals surface area contributed by atoms with Crippen LogP contribution in [0.2, 0.25) is 0 Å². The summed E-state index contributed by atoms with van der Waals surface area (Å²) in [5.41, 5.74) is 8.83. The fourth-order valence-corrected chi connectivity index (χ4v) is 2.77. The van der Waals surface area contributed by atoms with Crippen LogP contribution in [0, 0.1) is 0 Å². The lowest BCUT2D eigenvalue weighted by Gasteiger charge is -2.11. The second-order valence-electron chi connectivity index (χ2n) is 5.83. The molecule has 0 fully saturated rings. The number of fused-ring (bicyclic) bond motifs is 1. The Labute approximate surface area is 165 Å². The monoisotopic (exact) mass is 389 g/mol. The zero-order valence-electron chi connectivity index (χ0n) is 14.5. The summed E-state index contributed by atoms with van der Waals surface area (Å²) in [6.45, 7) is 0. The number of thiocarbonyl (C=S) groups is 1. The zero-order valence-corrected chi connectivity index (χ0v) is 15.3. The molecule has 0 saturated carbocycles. The van der Waals surface area contributed by atoms with Crippen molar-refractivity contribution in [3.63, 3.8) is 0 Å². The molecule has 2 aromatic carbocycles. The largest absolute Gasteiger partial charge is 0.338 e. The molecule has 2 aromatic heterocycles. The van der Waals surface area contributed by atoms with Gasteiger partial charge in [-0.2, -0.15) is 5.10 Å². The summed E-state index contributed by atoms with van der Waals surface area (Å²) in [7, 11) is 0. The van der Waals surface area contributed by atoms with Crippen LogP contribution in [-0.2, 0) is 0 Å². The lowest BCUT2D eigenvalue weighted by atomic mass is 10.2. The van der Waals surface area contributed by atoms with E-state index < -0.39 is 5.91 Å². The highest BCUT2D eigenvalue weighted by molar-refractivity contribution is 7.80. The molecule has 0 aliphatic rings. The highest BCUT2D eigenvalue weighted by atomic mass is 32.1. The highest BCUT2D eigenvalue weighted by Crippen LogP contribution is 2.22. The number of aromatic nitrogens is 4. The summed E-state index contributed by atoms with van der Waals surface area (Å²) in [6.07, 6.45) is 1.49. The van der Waals surface area contributed by atoms with E-state index in [1.165, 1.54) is 6.20 Å². The highest BCUT2D eigenvalue weighted by Gasteiger charge is 2.08. The lowest BCUT2D eigenvalue weighted by molar-refractivity contribution is 0.0938. The molecule has 0 saturated heterocycles. The van der Waals surface area contributed by atoms with Gasteiger partial charge in [0.2, 0.25) is 0 Å². The van der Waals surface area contributed by atoms with Gasteiger partial charge in [0.1, 0.15) is 5.82 Å². The Bertz CT molecular complexity index is 1110. The third-order valence-corrected chi connectivity index (χ3v) is 4.08. The number of aromatic amines is 1. The molecule has 4 aromatic rings. The van der Waals surface area contributed by atoms with Gasteiger partial charge in [-0.15, -0.1) is 5.10 Å². The minimum atomic E-state index is -0.437. The summed E-state index contributed by atoms with van der Waals surface area (Å²) in [4.78, 5) is 19.8. The minimum Gasteiger partial charge on any atom is -0.338 e. The number of hydrogen-bond acceptors (Lipinski definition) is 5. The molecule has 9 heteroatoms. The van der Waals surface area contributed by atoms with Crippen LogP contribution in [-0.4, -0.2) is 31.2 Å². The van der Waals surface area contributed by atoms with Gasteiger partial charge in [-0.05, 0) is 48.6 Å². The first-order valence-corrected chi connectivity index (χ1v) is 8.80. The number of hydrogen-bond donors (Lipinski definition) is 4. The fourth-order valence-electron chi connectivity index (χ4n) is 2.60. The van der Waals surface area contributed by atoms with Gasteiger partial charge in [-0.3, -0.25) is 15.6 Å². The molecular weight excluding hydrogens is 374 g/mol. The van der Waals surface area contributed by atoms with Gasteiger partial charge in [-0.25, -0.2) is 4.98 Å². The zero-order chi connectivity index (χ0) is 19.3. The van der Waals surface area contributed by atoms with Gasteiger partial charge in [0, 0.05) is 17.4 Å². The second kappa shape index (κ2) is 7.80. The van der Waals surface area contributed by atoms with E-state index in [1.807, 2.05) is 48.5 Å². The molecule has 4 rings (SSSR count). The molecule has 2 heterocycles. The molecule has 0 radical (unpaired) electrons. The average Bonchev–Trinajstić information content (AvgIpc) is 3.17. The molecule has 0 aliphatic heterocycles. The number of benzene rings is 2. The summed E-state index contributed by atoms with van der Waals surface area (Å²) in [6, 6.07) is 18.6. The first-order valence-electron chi connectivity index (χ1n) is 8.39. The summed E-state index contributed by atoms with van der Waals surface area (Å²) >= 11 is 5.22. The maximum Gasteiger partial charge on any atom is 0.290 e. The summed E-state index contributed by atoms with van der Waals surface area (Å²) in [5, 5.41) is 10.6. The van der Waals surface area contributed by atoms with Crippen molar-refractivity contribution >= 4 is 40.0 Å². The van der Waals surface area contributed by atoms with E-state index >= 15 is 0 Å². The maximum absolute atomic E-state index is 12.0. The lowest BCUT2D eigenvalue weighted by Crippen LogP contribution is -2.44. The van der Waals surface area contributed by atoms with Crippen LogP contribution in [0.5, 0.6) is 0 Å². The van der Waals surface area contributed by atoms with Crippen molar-refractivity contribution in [3.05, 3.63) is 72.6 Å². The molecule has 0 atom stereocenters. The van der Waals surface area contributed by atoms with Crippen LogP contribution in [0.4, 0.5) is 5.69 Å². The normalized spacial score (nSPS) is 10.4. The smallest absolute Gasteiger partial charge is 0.290 e. The number of hydrazine groups is 1. The van der Waals surface area contributed by atoms with E-state index in [2.05, 4.69) is 36.3 Å². The Kier molecular flexibility index (Phi) is 4.89. The average molecular weight is 389 g/mol. The maximum atomic E-state index is 12.0. The predicted molar refractivity (Wildman–Crippen MR) is 110 cm³/mol. The van der Waals surface area contributed by atoms with Crippen molar-refractivity contribution in [1.82, 2.24) is 31.0 Å². The molecular formula is C19H15N7OS. The number of carbonyl (C=O) groups excluding carboxylic acids is 1. The third kappa shape index (κ3) is 3.94. The van der Waals surface area contributed by atoms with Gasteiger partial charge in [0.05, 0.1) is 11.0 Å². The fraction of sp³-hybridized carbons (Fsp3) is 0. The Balaban J connectivity index is 1.41. The van der Waals surface area contributed by atoms with Crippen molar-refractivity contribution in [2.24, 2.45) is 0 Å². The molecule has 0 spiro atoms. The van der Waals surface area contributed by atoms with Crippen molar-refractivity contribution in [1.29, 1.82) is 0 Å². The number of nitrogens with zero attached hydrogens (tertiary/aromatic N) is 3.